The van der Waals surface area contributed by atoms with E-state index in [9.17, 15) is 18.0 Å². The van der Waals surface area contributed by atoms with Crippen molar-refractivity contribution >= 4 is 11.6 Å². The second kappa shape index (κ2) is 5.88. The van der Waals surface area contributed by atoms with Crippen LogP contribution in [0.2, 0.25) is 0 Å². The van der Waals surface area contributed by atoms with E-state index >= 15 is 0 Å². The van der Waals surface area contributed by atoms with Gasteiger partial charge in [0.25, 0.3) is 5.91 Å². The van der Waals surface area contributed by atoms with Crippen LogP contribution in [0.5, 0.6) is 0 Å². The van der Waals surface area contributed by atoms with Crippen LogP contribution >= 0.6 is 0 Å². The van der Waals surface area contributed by atoms with Crippen molar-refractivity contribution in [1.29, 1.82) is 0 Å². The lowest BCUT2D eigenvalue weighted by Gasteiger charge is -2.09. The number of hydrogen-bond donors (Lipinski definition) is 2. The number of carbonyl (C=O) groups excluding carboxylic acids is 1. The molecular formula is C16H12F3N3O2. The zero-order valence-corrected chi connectivity index (χ0v) is 12.4. The minimum Gasteiger partial charge on any atom is -0.460 e. The fourth-order valence-electron chi connectivity index (χ4n) is 2.11. The van der Waals surface area contributed by atoms with Gasteiger partial charge in [0.15, 0.2) is 11.5 Å². The summed E-state index contributed by atoms with van der Waals surface area (Å²) in [5.41, 5.74) is -0.268. The summed E-state index contributed by atoms with van der Waals surface area (Å²) in [6.07, 6.45) is -4.47. The fourth-order valence-corrected chi connectivity index (χ4v) is 2.11. The van der Waals surface area contributed by atoms with E-state index < -0.39 is 17.6 Å². The van der Waals surface area contributed by atoms with E-state index in [0.29, 0.717) is 17.2 Å². The van der Waals surface area contributed by atoms with Gasteiger partial charge < -0.3 is 9.73 Å². The monoisotopic (exact) mass is 335 g/mol. The molecule has 0 aliphatic carbocycles. The molecular weight excluding hydrogens is 323 g/mol. The second-order valence-corrected chi connectivity index (χ2v) is 5.11. The summed E-state index contributed by atoms with van der Waals surface area (Å²) in [5, 5.41) is 8.89. The molecule has 3 aromatic rings. The number of aromatic nitrogens is 2. The molecule has 2 aromatic heterocycles. The first-order chi connectivity index (χ1) is 11.3. The highest BCUT2D eigenvalue weighted by atomic mass is 19.4. The van der Waals surface area contributed by atoms with Crippen LogP contribution in [0.15, 0.2) is 46.9 Å². The van der Waals surface area contributed by atoms with Crippen LogP contribution in [0.3, 0.4) is 0 Å². The van der Waals surface area contributed by atoms with Gasteiger partial charge in [0.05, 0.1) is 5.56 Å². The molecule has 0 bridgehead atoms. The highest BCUT2D eigenvalue weighted by molar-refractivity contribution is 6.03. The quantitative estimate of drug-likeness (QED) is 0.752. The molecule has 2 heterocycles. The average Bonchev–Trinajstić information content (AvgIpc) is 3.15. The number of rotatable bonds is 3. The van der Waals surface area contributed by atoms with Gasteiger partial charge in [-0.15, -0.1) is 0 Å². The Balaban J connectivity index is 1.77. The molecule has 1 aromatic carbocycles. The molecule has 8 heteroatoms. The van der Waals surface area contributed by atoms with E-state index in [1.54, 1.807) is 19.1 Å². The van der Waals surface area contributed by atoms with Gasteiger partial charge in [0, 0.05) is 11.8 Å². The number of aromatic amines is 1. The number of anilines is 1. The molecule has 1 amide bonds. The Labute approximate surface area is 134 Å². The molecule has 0 saturated carbocycles. The number of furan rings is 1. The molecule has 0 unspecified atom stereocenters. The zero-order chi connectivity index (χ0) is 17.3. The number of nitrogens with zero attached hydrogens (tertiary/aromatic N) is 1. The predicted molar refractivity (Wildman–Crippen MR) is 80.4 cm³/mol. The van der Waals surface area contributed by atoms with Crippen molar-refractivity contribution in [2.75, 3.05) is 5.32 Å². The maximum atomic E-state index is 12.7. The molecule has 0 aliphatic rings. The average molecular weight is 335 g/mol. The van der Waals surface area contributed by atoms with Crippen molar-refractivity contribution in [1.82, 2.24) is 10.2 Å². The van der Waals surface area contributed by atoms with E-state index in [-0.39, 0.29) is 11.4 Å². The van der Waals surface area contributed by atoms with Gasteiger partial charge in [-0.3, -0.25) is 9.89 Å². The van der Waals surface area contributed by atoms with E-state index in [1.807, 2.05) is 0 Å². The lowest BCUT2D eigenvalue weighted by Crippen LogP contribution is -2.13. The van der Waals surface area contributed by atoms with E-state index in [2.05, 4.69) is 15.5 Å². The Morgan fingerprint density at radius 2 is 2.00 bits per heavy atom. The standard InChI is InChI=1S/C16H12F3N3O2/c1-9-5-6-14(24-9)12-8-13(22-21-12)15(23)20-11-4-2-3-10(7-11)16(17,18)19/h2-8H,1H3,(H,20,23)(H,21,22). The van der Waals surface area contributed by atoms with Crippen molar-refractivity contribution in [3.8, 4) is 11.5 Å². The lowest BCUT2D eigenvalue weighted by molar-refractivity contribution is -0.137. The number of carbonyl (C=O) groups is 1. The maximum absolute atomic E-state index is 12.7. The van der Waals surface area contributed by atoms with Gasteiger partial charge in [-0.1, -0.05) is 6.07 Å². The number of nitrogens with one attached hydrogen (secondary N) is 2. The number of hydrogen-bond acceptors (Lipinski definition) is 3. The van der Waals surface area contributed by atoms with E-state index in [0.717, 1.165) is 12.1 Å². The highest BCUT2D eigenvalue weighted by Crippen LogP contribution is 2.30. The molecule has 0 fully saturated rings. The number of alkyl halides is 3. The number of halogens is 3. The van der Waals surface area contributed by atoms with Crippen LogP contribution in [-0.2, 0) is 6.18 Å². The topological polar surface area (TPSA) is 70.9 Å². The molecule has 2 N–H and O–H groups in total. The molecule has 3 rings (SSSR count). The number of benzene rings is 1. The largest absolute Gasteiger partial charge is 0.460 e. The first-order valence-electron chi connectivity index (χ1n) is 6.94. The van der Waals surface area contributed by atoms with Crippen LogP contribution in [0.1, 0.15) is 21.8 Å². The van der Waals surface area contributed by atoms with Crippen molar-refractivity contribution in [3.63, 3.8) is 0 Å². The third-order valence-corrected chi connectivity index (χ3v) is 3.26. The third-order valence-electron chi connectivity index (χ3n) is 3.26. The van der Waals surface area contributed by atoms with Gasteiger partial charge in [-0.25, -0.2) is 0 Å². The van der Waals surface area contributed by atoms with Crippen LogP contribution in [0.25, 0.3) is 11.5 Å². The molecule has 0 aliphatic heterocycles. The minimum absolute atomic E-state index is 0.0354. The molecule has 0 radical (unpaired) electrons. The summed E-state index contributed by atoms with van der Waals surface area (Å²) in [5.74, 6) is 0.591. The number of aryl methyl sites for hydroxylation is 1. The van der Waals surface area contributed by atoms with E-state index in [1.165, 1.54) is 18.2 Å². The van der Waals surface area contributed by atoms with Crippen molar-refractivity contribution < 1.29 is 22.4 Å². The predicted octanol–water partition coefficient (Wildman–Crippen LogP) is 4.25. The Kier molecular flexibility index (Phi) is 3.88. The third kappa shape index (κ3) is 3.32. The normalized spacial score (nSPS) is 11.5. The fraction of sp³-hybridized carbons (Fsp3) is 0.125. The maximum Gasteiger partial charge on any atom is 0.416 e. The summed E-state index contributed by atoms with van der Waals surface area (Å²) in [6, 6.07) is 9.33. The van der Waals surface area contributed by atoms with Gasteiger partial charge in [0.1, 0.15) is 11.5 Å². The Morgan fingerprint density at radius 3 is 2.67 bits per heavy atom. The van der Waals surface area contributed by atoms with Crippen LogP contribution in [0, 0.1) is 6.92 Å². The lowest BCUT2D eigenvalue weighted by atomic mass is 10.2. The van der Waals surface area contributed by atoms with Crippen molar-refractivity contribution in [3.05, 3.63) is 59.5 Å². The summed E-state index contributed by atoms with van der Waals surface area (Å²) >= 11 is 0. The first kappa shape index (κ1) is 15.9. The molecule has 124 valence electrons. The van der Waals surface area contributed by atoms with Crippen LogP contribution < -0.4 is 5.32 Å². The number of H-pyrrole nitrogens is 1. The summed E-state index contributed by atoms with van der Waals surface area (Å²) < 4.78 is 43.4. The van der Waals surface area contributed by atoms with Crippen LogP contribution in [-0.4, -0.2) is 16.1 Å². The van der Waals surface area contributed by atoms with Gasteiger partial charge in [-0.05, 0) is 37.3 Å². The molecule has 0 spiro atoms. The summed E-state index contributed by atoms with van der Waals surface area (Å²) in [6.45, 7) is 1.78. The smallest absolute Gasteiger partial charge is 0.416 e. The zero-order valence-electron chi connectivity index (χ0n) is 12.4. The molecule has 24 heavy (non-hydrogen) atoms. The Bertz CT molecular complexity index is 881. The molecule has 0 saturated heterocycles. The van der Waals surface area contributed by atoms with Gasteiger partial charge in [0.2, 0.25) is 0 Å². The number of amides is 1. The van der Waals surface area contributed by atoms with E-state index in [4.69, 9.17) is 4.42 Å². The summed E-state index contributed by atoms with van der Waals surface area (Å²) in [7, 11) is 0. The van der Waals surface area contributed by atoms with Crippen molar-refractivity contribution in [2.24, 2.45) is 0 Å². The summed E-state index contributed by atoms with van der Waals surface area (Å²) in [4.78, 5) is 12.1. The first-order valence-corrected chi connectivity index (χ1v) is 6.94. The van der Waals surface area contributed by atoms with Crippen molar-refractivity contribution in [2.45, 2.75) is 13.1 Å². The van der Waals surface area contributed by atoms with Gasteiger partial charge in [-0.2, -0.15) is 18.3 Å². The molecule has 0 atom stereocenters. The SMILES string of the molecule is Cc1ccc(-c2cc(C(=O)Nc3cccc(C(F)(F)F)c3)n[nH]2)o1. The van der Waals surface area contributed by atoms with Gasteiger partial charge >= 0.3 is 6.18 Å². The Hall–Kier alpha value is -3.03. The minimum atomic E-state index is -4.47. The second-order valence-electron chi connectivity index (χ2n) is 5.11. The Morgan fingerprint density at radius 1 is 1.21 bits per heavy atom. The highest BCUT2D eigenvalue weighted by Gasteiger charge is 2.30. The van der Waals surface area contributed by atoms with Crippen LogP contribution in [0.4, 0.5) is 18.9 Å². The molecule has 5 nitrogen and oxygen atoms in total.